The van der Waals surface area contributed by atoms with Gasteiger partial charge >= 0.3 is 5.63 Å². The number of aryl methyl sites for hydroxylation is 1. The molecule has 130 valence electrons. The molecular weight excluding hydrogens is 318 g/mol. The Labute approximate surface area is 145 Å². The van der Waals surface area contributed by atoms with Gasteiger partial charge in [0, 0.05) is 18.0 Å². The topological polar surface area (TPSA) is 64.6 Å². The van der Waals surface area contributed by atoms with Crippen molar-refractivity contribution in [2.45, 2.75) is 38.3 Å². The van der Waals surface area contributed by atoms with Crippen LogP contribution in [0.3, 0.4) is 0 Å². The van der Waals surface area contributed by atoms with Crippen LogP contribution < -0.4 is 10.4 Å². The molecular formula is C20H21NO4. The Morgan fingerprint density at radius 2 is 1.88 bits per heavy atom. The Balaban J connectivity index is 1.62. The number of aromatic nitrogens is 1. The van der Waals surface area contributed by atoms with E-state index in [9.17, 15) is 9.90 Å². The Morgan fingerprint density at radius 3 is 2.68 bits per heavy atom. The van der Waals surface area contributed by atoms with Crippen LogP contribution in [-0.2, 0) is 19.4 Å². The molecule has 3 aromatic rings. The average molecular weight is 339 g/mol. The number of hydrogen-bond acceptors (Lipinski definition) is 4. The average Bonchev–Trinajstić information content (AvgIpc) is 3.13. The molecule has 1 N–H and O–H groups in total. The summed E-state index contributed by atoms with van der Waals surface area (Å²) in [5.74, 6) is 0.672. The van der Waals surface area contributed by atoms with Crippen molar-refractivity contribution >= 4 is 11.0 Å². The zero-order chi connectivity index (χ0) is 17.2. The van der Waals surface area contributed by atoms with E-state index in [4.69, 9.17) is 9.15 Å². The van der Waals surface area contributed by atoms with Crippen molar-refractivity contribution in [3.8, 4) is 5.75 Å². The van der Waals surface area contributed by atoms with Gasteiger partial charge in [0.2, 0.25) is 0 Å². The van der Waals surface area contributed by atoms with Gasteiger partial charge in [-0.15, -0.1) is 0 Å². The van der Waals surface area contributed by atoms with Crippen molar-refractivity contribution in [1.29, 1.82) is 0 Å². The van der Waals surface area contributed by atoms with Gasteiger partial charge in [0.25, 0.3) is 0 Å². The van der Waals surface area contributed by atoms with Gasteiger partial charge in [-0.1, -0.05) is 6.07 Å². The predicted octanol–water partition coefficient (Wildman–Crippen LogP) is 2.91. The first-order valence-corrected chi connectivity index (χ1v) is 8.71. The fourth-order valence-corrected chi connectivity index (χ4v) is 3.56. The molecule has 0 radical (unpaired) electrons. The summed E-state index contributed by atoms with van der Waals surface area (Å²) in [5, 5.41) is 11.1. The van der Waals surface area contributed by atoms with Gasteiger partial charge in [-0.05, 0) is 55.5 Å². The normalized spacial score (nSPS) is 15.1. The zero-order valence-corrected chi connectivity index (χ0v) is 14.0. The lowest BCUT2D eigenvalue weighted by Crippen LogP contribution is -2.23. The highest BCUT2D eigenvalue weighted by Gasteiger charge is 2.20. The monoisotopic (exact) mass is 339 g/mol. The van der Waals surface area contributed by atoms with E-state index in [1.54, 1.807) is 6.07 Å². The standard InChI is InChI=1S/C20H21NO4/c22-14(12-21-10-3-4-11-21)13-24-17-8-5-9-18-19(17)15-6-1-2-7-16(15)20(23)25-18/h3-5,8-11,14,22H,1-2,6-7,12-13H2. The van der Waals surface area contributed by atoms with Crippen LogP contribution in [0, 0.1) is 0 Å². The number of benzene rings is 1. The van der Waals surface area contributed by atoms with E-state index in [1.165, 1.54) is 0 Å². The van der Waals surface area contributed by atoms with E-state index >= 15 is 0 Å². The van der Waals surface area contributed by atoms with Gasteiger partial charge in [0.05, 0.1) is 11.9 Å². The maximum atomic E-state index is 12.2. The fraction of sp³-hybridized carbons (Fsp3) is 0.350. The Bertz CT molecular complexity index is 927. The molecule has 0 saturated heterocycles. The minimum atomic E-state index is -0.616. The molecule has 0 aliphatic heterocycles. The van der Waals surface area contributed by atoms with Gasteiger partial charge in [-0.2, -0.15) is 0 Å². The minimum absolute atomic E-state index is 0.186. The summed E-state index contributed by atoms with van der Waals surface area (Å²) >= 11 is 0. The van der Waals surface area contributed by atoms with E-state index in [0.717, 1.165) is 42.2 Å². The highest BCUT2D eigenvalue weighted by molar-refractivity contribution is 5.87. The third kappa shape index (κ3) is 3.20. The van der Waals surface area contributed by atoms with Crippen molar-refractivity contribution < 1.29 is 14.3 Å². The molecule has 0 spiro atoms. The molecule has 0 saturated carbocycles. The molecule has 5 heteroatoms. The second-order valence-electron chi connectivity index (χ2n) is 6.53. The second kappa shape index (κ2) is 6.76. The molecule has 0 amide bonds. The highest BCUT2D eigenvalue weighted by Crippen LogP contribution is 2.33. The summed E-state index contributed by atoms with van der Waals surface area (Å²) < 4.78 is 13.3. The predicted molar refractivity (Wildman–Crippen MR) is 95.1 cm³/mol. The summed E-state index contributed by atoms with van der Waals surface area (Å²) in [6, 6.07) is 9.33. The lowest BCUT2D eigenvalue weighted by atomic mass is 9.90. The molecule has 4 rings (SSSR count). The molecule has 1 unspecified atom stereocenters. The summed E-state index contributed by atoms with van der Waals surface area (Å²) in [6.07, 6.45) is 6.91. The highest BCUT2D eigenvalue weighted by atomic mass is 16.5. The number of ether oxygens (including phenoxy) is 1. The fourth-order valence-electron chi connectivity index (χ4n) is 3.56. The lowest BCUT2D eigenvalue weighted by Gasteiger charge is -2.19. The molecule has 5 nitrogen and oxygen atoms in total. The number of rotatable bonds is 5. The Morgan fingerprint density at radius 1 is 1.12 bits per heavy atom. The summed E-state index contributed by atoms with van der Waals surface area (Å²) in [4.78, 5) is 12.2. The van der Waals surface area contributed by atoms with Crippen LogP contribution >= 0.6 is 0 Å². The quantitative estimate of drug-likeness (QED) is 0.726. The van der Waals surface area contributed by atoms with E-state index < -0.39 is 6.10 Å². The van der Waals surface area contributed by atoms with Crippen molar-refractivity contribution in [2.75, 3.05) is 6.61 Å². The third-order valence-electron chi connectivity index (χ3n) is 4.73. The molecule has 2 heterocycles. The smallest absolute Gasteiger partial charge is 0.339 e. The SMILES string of the molecule is O=c1oc2cccc(OCC(O)Cn3cccc3)c2c2c1CCCC2. The van der Waals surface area contributed by atoms with Crippen LogP contribution in [0.25, 0.3) is 11.0 Å². The van der Waals surface area contributed by atoms with Gasteiger partial charge < -0.3 is 18.8 Å². The largest absolute Gasteiger partial charge is 0.490 e. The molecule has 0 fully saturated rings. The van der Waals surface area contributed by atoms with Crippen LogP contribution in [0.15, 0.2) is 51.9 Å². The number of aliphatic hydroxyl groups is 1. The molecule has 25 heavy (non-hydrogen) atoms. The van der Waals surface area contributed by atoms with Crippen LogP contribution in [-0.4, -0.2) is 22.4 Å². The van der Waals surface area contributed by atoms with E-state index in [0.29, 0.717) is 17.9 Å². The van der Waals surface area contributed by atoms with Gasteiger partial charge in [0.15, 0.2) is 0 Å². The van der Waals surface area contributed by atoms with Crippen LogP contribution in [0.4, 0.5) is 0 Å². The number of nitrogens with zero attached hydrogens (tertiary/aromatic N) is 1. The van der Waals surface area contributed by atoms with E-state index in [2.05, 4.69) is 0 Å². The van der Waals surface area contributed by atoms with Gasteiger partial charge in [0.1, 0.15) is 24.0 Å². The number of fused-ring (bicyclic) bond motifs is 3. The maximum absolute atomic E-state index is 12.2. The first-order valence-electron chi connectivity index (χ1n) is 8.71. The van der Waals surface area contributed by atoms with E-state index in [1.807, 2.05) is 41.2 Å². The summed E-state index contributed by atoms with van der Waals surface area (Å²) in [7, 11) is 0. The molecule has 0 bridgehead atoms. The second-order valence-corrected chi connectivity index (χ2v) is 6.53. The van der Waals surface area contributed by atoms with Crippen molar-refractivity contribution in [3.05, 3.63) is 64.3 Å². The van der Waals surface area contributed by atoms with Crippen LogP contribution in [0.5, 0.6) is 5.75 Å². The molecule has 1 atom stereocenters. The van der Waals surface area contributed by atoms with Crippen molar-refractivity contribution in [2.24, 2.45) is 0 Å². The van der Waals surface area contributed by atoms with Crippen LogP contribution in [0.1, 0.15) is 24.0 Å². The first kappa shape index (κ1) is 16.0. The molecule has 1 aromatic carbocycles. The van der Waals surface area contributed by atoms with Crippen molar-refractivity contribution in [1.82, 2.24) is 4.57 Å². The lowest BCUT2D eigenvalue weighted by molar-refractivity contribution is 0.0933. The Hall–Kier alpha value is -2.53. The van der Waals surface area contributed by atoms with E-state index in [-0.39, 0.29) is 12.2 Å². The number of hydrogen-bond donors (Lipinski definition) is 1. The van der Waals surface area contributed by atoms with Gasteiger partial charge in [-0.3, -0.25) is 0 Å². The van der Waals surface area contributed by atoms with Crippen molar-refractivity contribution in [3.63, 3.8) is 0 Å². The minimum Gasteiger partial charge on any atom is -0.490 e. The summed E-state index contributed by atoms with van der Waals surface area (Å²) in [5.41, 5.74) is 2.16. The summed E-state index contributed by atoms with van der Waals surface area (Å²) in [6.45, 7) is 0.663. The maximum Gasteiger partial charge on any atom is 0.339 e. The molecule has 2 aromatic heterocycles. The zero-order valence-electron chi connectivity index (χ0n) is 14.0. The van der Waals surface area contributed by atoms with Gasteiger partial charge in [-0.25, -0.2) is 4.79 Å². The third-order valence-corrected chi connectivity index (χ3v) is 4.73. The van der Waals surface area contributed by atoms with Crippen LogP contribution in [0.2, 0.25) is 0 Å². The number of aliphatic hydroxyl groups excluding tert-OH is 1. The Kier molecular flexibility index (Phi) is 4.32. The first-order chi connectivity index (χ1) is 12.2. The molecule has 1 aliphatic carbocycles. The molecule has 1 aliphatic rings.